The second kappa shape index (κ2) is 6.23. The number of hydrogen-bond acceptors (Lipinski definition) is 4. The Morgan fingerprint density at radius 2 is 1.90 bits per heavy atom. The standard InChI is InChI=1S/C13H14F2N2O3S/c1-2-16-8-10-4-6-13(20-10)21(18,19)17-9-3-5-11(14)12(15)7-9/h3-7,16-17H,2,8H2,1H3. The lowest BCUT2D eigenvalue weighted by molar-refractivity contribution is 0.405. The summed E-state index contributed by atoms with van der Waals surface area (Å²) in [6.45, 7) is 3.03. The molecule has 1 aromatic heterocycles. The van der Waals surface area contributed by atoms with Crippen molar-refractivity contribution in [1.29, 1.82) is 0 Å². The summed E-state index contributed by atoms with van der Waals surface area (Å²) >= 11 is 0. The van der Waals surface area contributed by atoms with E-state index < -0.39 is 21.7 Å². The van der Waals surface area contributed by atoms with Crippen LogP contribution in [0.1, 0.15) is 12.7 Å². The highest BCUT2D eigenvalue weighted by Crippen LogP contribution is 2.20. The third-order valence-electron chi connectivity index (χ3n) is 2.62. The molecular weight excluding hydrogens is 302 g/mol. The summed E-state index contributed by atoms with van der Waals surface area (Å²) in [5.74, 6) is -1.73. The van der Waals surface area contributed by atoms with Crippen LogP contribution in [0.15, 0.2) is 39.8 Å². The van der Waals surface area contributed by atoms with E-state index in [-0.39, 0.29) is 10.8 Å². The van der Waals surface area contributed by atoms with E-state index in [0.717, 1.165) is 24.7 Å². The quantitative estimate of drug-likeness (QED) is 0.859. The normalized spacial score (nSPS) is 11.6. The van der Waals surface area contributed by atoms with Crippen LogP contribution in [0.4, 0.5) is 14.5 Å². The molecule has 0 saturated heterocycles. The van der Waals surface area contributed by atoms with Crippen LogP contribution in [0.5, 0.6) is 0 Å². The fraction of sp³-hybridized carbons (Fsp3) is 0.231. The molecule has 2 N–H and O–H groups in total. The topological polar surface area (TPSA) is 71.3 Å². The van der Waals surface area contributed by atoms with Crippen LogP contribution < -0.4 is 10.0 Å². The minimum absolute atomic E-state index is 0.0847. The van der Waals surface area contributed by atoms with E-state index in [2.05, 4.69) is 10.0 Å². The summed E-state index contributed by atoms with van der Waals surface area (Å²) in [4.78, 5) is 0. The van der Waals surface area contributed by atoms with Crippen molar-refractivity contribution in [1.82, 2.24) is 5.32 Å². The third-order valence-corrected chi connectivity index (χ3v) is 3.88. The molecule has 114 valence electrons. The smallest absolute Gasteiger partial charge is 0.295 e. The Bertz CT molecular complexity index is 729. The van der Waals surface area contributed by atoms with E-state index in [4.69, 9.17) is 4.42 Å². The zero-order valence-corrected chi connectivity index (χ0v) is 12.0. The minimum Gasteiger partial charge on any atom is -0.446 e. The van der Waals surface area contributed by atoms with Gasteiger partial charge in [-0.2, -0.15) is 8.42 Å². The molecule has 0 amide bonds. The molecule has 0 bridgehead atoms. The van der Waals surface area contributed by atoms with Gasteiger partial charge in [0, 0.05) is 6.07 Å². The van der Waals surface area contributed by atoms with Crippen LogP contribution in [0, 0.1) is 11.6 Å². The number of anilines is 1. The second-order valence-corrected chi connectivity index (χ2v) is 5.85. The van der Waals surface area contributed by atoms with Crippen molar-refractivity contribution in [3.05, 3.63) is 47.7 Å². The lowest BCUT2D eigenvalue weighted by Gasteiger charge is -2.06. The Kier molecular flexibility index (Phi) is 4.59. The molecular formula is C13H14F2N2O3S. The fourth-order valence-corrected chi connectivity index (χ4v) is 2.61. The van der Waals surface area contributed by atoms with Gasteiger partial charge in [0.15, 0.2) is 11.6 Å². The van der Waals surface area contributed by atoms with Crippen LogP contribution in [0.25, 0.3) is 0 Å². The molecule has 0 saturated carbocycles. The molecule has 8 heteroatoms. The van der Waals surface area contributed by atoms with Gasteiger partial charge in [-0.3, -0.25) is 4.72 Å². The molecule has 0 aliphatic heterocycles. The number of rotatable bonds is 6. The Hall–Kier alpha value is -1.93. The second-order valence-electron chi connectivity index (χ2n) is 4.24. The zero-order chi connectivity index (χ0) is 15.5. The first kappa shape index (κ1) is 15.5. The molecule has 0 unspecified atom stereocenters. The maximum absolute atomic E-state index is 13.1. The first-order valence-corrected chi connectivity index (χ1v) is 7.68. The lowest BCUT2D eigenvalue weighted by atomic mass is 10.3. The monoisotopic (exact) mass is 316 g/mol. The van der Waals surface area contributed by atoms with Crippen LogP contribution in [0.3, 0.4) is 0 Å². The number of halogens is 2. The molecule has 0 atom stereocenters. The SMILES string of the molecule is CCNCc1ccc(S(=O)(=O)Nc2ccc(F)c(F)c2)o1. The average molecular weight is 316 g/mol. The van der Waals surface area contributed by atoms with Gasteiger partial charge in [-0.1, -0.05) is 6.92 Å². The highest BCUT2D eigenvalue weighted by atomic mass is 32.2. The third kappa shape index (κ3) is 3.79. The molecule has 0 fully saturated rings. The predicted molar refractivity (Wildman–Crippen MR) is 73.3 cm³/mol. The van der Waals surface area contributed by atoms with Gasteiger partial charge in [0.2, 0.25) is 5.09 Å². The van der Waals surface area contributed by atoms with Crippen molar-refractivity contribution >= 4 is 15.7 Å². The van der Waals surface area contributed by atoms with Gasteiger partial charge in [0.05, 0.1) is 12.2 Å². The van der Waals surface area contributed by atoms with Gasteiger partial charge < -0.3 is 9.73 Å². The van der Waals surface area contributed by atoms with E-state index in [1.54, 1.807) is 0 Å². The Morgan fingerprint density at radius 1 is 1.14 bits per heavy atom. The molecule has 2 rings (SSSR count). The molecule has 2 aromatic rings. The number of sulfonamides is 1. The highest BCUT2D eigenvalue weighted by Gasteiger charge is 2.19. The van der Waals surface area contributed by atoms with Crippen molar-refractivity contribution in [2.24, 2.45) is 0 Å². The molecule has 0 radical (unpaired) electrons. The average Bonchev–Trinajstić information content (AvgIpc) is 2.90. The van der Waals surface area contributed by atoms with E-state index in [9.17, 15) is 17.2 Å². The zero-order valence-electron chi connectivity index (χ0n) is 11.2. The number of hydrogen-bond donors (Lipinski definition) is 2. The van der Waals surface area contributed by atoms with Crippen LogP contribution in [0.2, 0.25) is 0 Å². The Morgan fingerprint density at radius 3 is 2.57 bits per heavy atom. The van der Waals surface area contributed by atoms with E-state index in [0.29, 0.717) is 12.3 Å². The van der Waals surface area contributed by atoms with Crippen molar-refractivity contribution < 1.29 is 21.6 Å². The molecule has 5 nitrogen and oxygen atoms in total. The number of benzene rings is 1. The predicted octanol–water partition coefficient (Wildman–Crippen LogP) is 2.47. The summed E-state index contributed by atoms with van der Waals surface area (Å²) < 4.78 is 57.3. The first-order valence-electron chi connectivity index (χ1n) is 6.19. The minimum atomic E-state index is -3.98. The molecule has 1 aromatic carbocycles. The van der Waals surface area contributed by atoms with Gasteiger partial charge in [-0.05, 0) is 30.8 Å². The Labute approximate surface area is 121 Å². The summed E-state index contributed by atoms with van der Waals surface area (Å²) in [5, 5.41) is 2.70. The van der Waals surface area contributed by atoms with Gasteiger partial charge in [-0.15, -0.1) is 0 Å². The van der Waals surface area contributed by atoms with Crippen molar-refractivity contribution in [2.45, 2.75) is 18.6 Å². The van der Waals surface area contributed by atoms with Crippen molar-refractivity contribution in [2.75, 3.05) is 11.3 Å². The summed E-state index contributed by atoms with van der Waals surface area (Å²) in [5.41, 5.74) is -0.0847. The van der Waals surface area contributed by atoms with Gasteiger partial charge in [-0.25, -0.2) is 8.78 Å². The lowest BCUT2D eigenvalue weighted by Crippen LogP contribution is -2.13. The Balaban J connectivity index is 2.17. The van der Waals surface area contributed by atoms with Crippen LogP contribution in [-0.4, -0.2) is 15.0 Å². The van der Waals surface area contributed by atoms with Gasteiger partial charge >= 0.3 is 0 Å². The fourth-order valence-electron chi connectivity index (χ4n) is 1.61. The van der Waals surface area contributed by atoms with E-state index >= 15 is 0 Å². The highest BCUT2D eigenvalue weighted by molar-refractivity contribution is 7.92. The van der Waals surface area contributed by atoms with Crippen LogP contribution >= 0.6 is 0 Å². The first-order chi connectivity index (χ1) is 9.92. The summed E-state index contributed by atoms with van der Waals surface area (Å²) in [6, 6.07) is 5.55. The summed E-state index contributed by atoms with van der Waals surface area (Å²) in [6.07, 6.45) is 0. The van der Waals surface area contributed by atoms with E-state index in [1.807, 2.05) is 6.92 Å². The van der Waals surface area contributed by atoms with E-state index in [1.165, 1.54) is 12.1 Å². The largest absolute Gasteiger partial charge is 0.446 e. The maximum atomic E-state index is 13.1. The molecule has 0 aliphatic rings. The van der Waals surface area contributed by atoms with Crippen molar-refractivity contribution in [3.63, 3.8) is 0 Å². The molecule has 0 aliphatic carbocycles. The molecule has 0 spiro atoms. The van der Waals surface area contributed by atoms with Gasteiger partial charge in [0.1, 0.15) is 5.76 Å². The summed E-state index contributed by atoms with van der Waals surface area (Å²) in [7, 11) is -3.98. The van der Waals surface area contributed by atoms with Crippen molar-refractivity contribution in [3.8, 4) is 0 Å². The van der Waals surface area contributed by atoms with Crippen LogP contribution in [-0.2, 0) is 16.6 Å². The maximum Gasteiger partial charge on any atom is 0.295 e. The number of furan rings is 1. The molecule has 21 heavy (non-hydrogen) atoms. The molecule has 1 heterocycles. The number of nitrogens with one attached hydrogen (secondary N) is 2. The van der Waals surface area contributed by atoms with Gasteiger partial charge in [0.25, 0.3) is 10.0 Å².